The van der Waals surface area contributed by atoms with Crippen LogP contribution in [0.4, 0.5) is 11.4 Å². The van der Waals surface area contributed by atoms with Crippen molar-refractivity contribution >= 4 is 44.0 Å². The molecule has 0 radical (unpaired) electrons. The number of nitrogens with one attached hydrogen (secondary N) is 1. The highest BCUT2D eigenvalue weighted by Crippen LogP contribution is 2.36. The number of aromatic hydroxyl groups is 1. The number of para-hydroxylation sites is 1. The van der Waals surface area contributed by atoms with Crippen LogP contribution in [-0.2, 0) is 0 Å². The Labute approximate surface area is 149 Å². The monoisotopic (exact) mass is 337 g/mol. The average molecular weight is 337 g/mol. The molecule has 5 rings (SSSR count). The third-order valence-electron chi connectivity index (χ3n) is 4.60. The number of fused-ring (bicyclic) bond motifs is 4. The van der Waals surface area contributed by atoms with E-state index in [-0.39, 0.29) is 5.75 Å². The van der Waals surface area contributed by atoms with Crippen LogP contribution in [0.25, 0.3) is 32.6 Å². The van der Waals surface area contributed by atoms with Gasteiger partial charge in [-0.1, -0.05) is 24.3 Å². The molecule has 2 heterocycles. The lowest BCUT2D eigenvalue weighted by Gasteiger charge is -2.14. The van der Waals surface area contributed by atoms with Gasteiger partial charge in [-0.25, -0.2) is 4.98 Å². The van der Waals surface area contributed by atoms with Crippen molar-refractivity contribution in [3.05, 3.63) is 79.1 Å². The van der Waals surface area contributed by atoms with Crippen LogP contribution in [0.1, 0.15) is 0 Å². The Morgan fingerprint density at radius 1 is 0.769 bits per heavy atom. The number of hydrogen-bond acceptors (Lipinski definition) is 4. The molecule has 26 heavy (non-hydrogen) atoms. The van der Waals surface area contributed by atoms with Gasteiger partial charge in [-0.2, -0.15) is 0 Å². The molecule has 4 heteroatoms. The zero-order valence-corrected chi connectivity index (χ0v) is 13.8. The molecule has 0 aliphatic heterocycles. The van der Waals surface area contributed by atoms with Crippen LogP contribution in [0.3, 0.4) is 0 Å². The lowest BCUT2D eigenvalue weighted by Crippen LogP contribution is -1.95. The number of nitrogens with zero attached hydrogens (tertiary/aromatic N) is 2. The lowest BCUT2D eigenvalue weighted by molar-refractivity contribution is 0.475. The first-order valence-corrected chi connectivity index (χ1v) is 8.41. The molecule has 0 fully saturated rings. The SMILES string of the molecule is Oc1ccc(Nc2c3ccccc3nc3c2ccc2cnccc23)cc1. The molecule has 0 atom stereocenters. The van der Waals surface area contributed by atoms with E-state index >= 15 is 0 Å². The zero-order chi connectivity index (χ0) is 17.5. The van der Waals surface area contributed by atoms with Crippen LogP contribution in [0.5, 0.6) is 5.75 Å². The quantitative estimate of drug-likeness (QED) is 0.258. The fourth-order valence-electron chi connectivity index (χ4n) is 3.35. The third-order valence-corrected chi connectivity index (χ3v) is 4.60. The Balaban J connectivity index is 1.85. The summed E-state index contributed by atoms with van der Waals surface area (Å²) in [6.45, 7) is 0. The van der Waals surface area contributed by atoms with Crippen LogP contribution < -0.4 is 5.32 Å². The third kappa shape index (κ3) is 2.31. The molecular weight excluding hydrogens is 322 g/mol. The minimum atomic E-state index is 0.249. The summed E-state index contributed by atoms with van der Waals surface area (Å²) in [4.78, 5) is 9.13. The van der Waals surface area contributed by atoms with Gasteiger partial charge >= 0.3 is 0 Å². The van der Waals surface area contributed by atoms with Crippen molar-refractivity contribution in [1.29, 1.82) is 0 Å². The van der Waals surface area contributed by atoms with Gasteiger partial charge in [-0.05, 0) is 42.5 Å². The van der Waals surface area contributed by atoms with Crippen molar-refractivity contribution in [2.75, 3.05) is 5.32 Å². The summed E-state index contributed by atoms with van der Waals surface area (Å²) >= 11 is 0. The van der Waals surface area contributed by atoms with Crippen LogP contribution in [-0.4, -0.2) is 15.1 Å². The van der Waals surface area contributed by atoms with Crippen molar-refractivity contribution in [1.82, 2.24) is 9.97 Å². The normalized spacial score (nSPS) is 11.2. The first-order chi connectivity index (χ1) is 12.8. The minimum Gasteiger partial charge on any atom is -0.508 e. The van der Waals surface area contributed by atoms with Crippen molar-refractivity contribution < 1.29 is 5.11 Å². The maximum absolute atomic E-state index is 9.54. The first-order valence-electron chi connectivity index (χ1n) is 8.41. The number of aromatic nitrogens is 2. The predicted octanol–water partition coefficient (Wildman–Crippen LogP) is 5.39. The van der Waals surface area contributed by atoms with E-state index in [1.165, 1.54) is 0 Å². The van der Waals surface area contributed by atoms with Crippen LogP contribution in [0, 0.1) is 0 Å². The Bertz CT molecular complexity index is 1260. The Morgan fingerprint density at radius 3 is 2.50 bits per heavy atom. The van der Waals surface area contributed by atoms with Gasteiger partial charge in [0, 0.05) is 39.6 Å². The number of phenols is 1. The summed E-state index contributed by atoms with van der Waals surface area (Å²) in [5.74, 6) is 0.249. The first kappa shape index (κ1) is 14.7. The van der Waals surface area contributed by atoms with Crippen LogP contribution >= 0.6 is 0 Å². The van der Waals surface area contributed by atoms with Gasteiger partial charge in [-0.3, -0.25) is 4.98 Å². The second-order valence-corrected chi connectivity index (χ2v) is 6.23. The molecule has 4 nitrogen and oxygen atoms in total. The summed E-state index contributed by atoms with van der Waals surface area (Å²) in [6.07, 6.45) is 3.66. The van der Waals surface area contributed by atoms with E-state index in [0.29, 0.717) is 0 Å². The smallest absolute Gasteiger partial charge is 0.115 e. The average Bonchev–Trinajstić information content (AvgIpc) is 2.69. The lowest BCUT2D eigenvalue weighted by atomic mass is 10.0. The minimum absolute atomic E-state index is 0.249. The van der Waals surface area contributed by atoms with Gasteiger partial charge in [0.1, 0.15) is 5.75 Å². The second kappa shape index (κ2) is 5.70. The molecule has 0 aliphatic carbocycles. The van der Waals surface area contributed by atoms with Crippen LogP contribution in [0.2, 0.25) is 0 Å². The molecule has 0 spiro atoms. The van der Waals surface area contributed by atoms with E-state index in [1.807, 2.05) is 42.6 Å². The fourth-order valence-corrected chi connectivity index (χ4v) is 3.35. The number of anilines is 2. The van der Waals surface area contributed by atoms with Crippen molar-refractivity contribution in [2.45, 2.75) is 0 Å². The van der Waals surface area contributed by atoms with E-state index in [9.17, 15) is 5.11 Å². The number of hydrogen-bond donors (Lipinski definition) is 2. The molecule has 2 aromatic heterocycles. The molecule has 0 amide bonds. The van der Waals surface area contributed by atoms with Crippen molar-refractivity contribution in [3.8, 4) is 5.75 Å². The molecule has 0 unspecified atom stereocenters. The molecule has 5 aromatic rings. The molecule has 0 saturated carbocycles. The number of rotatable bonds is 2. The van der Waals surface area contributed by atoms with Crippen molar-refractivity contribution in [3.63, 3.8) is 0 Å². The predicted molar refractivity (Wildman–Crippen MR) is 106 cm³/mol. The Hall–Kier alpha value is -3.66. The highest BCUT2D eigenvalue weighted by molar-refractivity contribution is 6.16. The van der Waals surface area contributed by atoms with E-state index in [0.717, 1.165) is 44.0 Å². The molecule has 0 bridgehead atoms. The highest BCUT2D eigenvalue weighted by Gasteiger charge is 2.11. The molecule has 0 saturated heterocycles. The van der Waals surface area contributed by atoms with Crippen molar-refractivity contribution in [2.24, 2.45) is 0 Å². The zero-order valence-electron chi connectivity index (χ0n) is 13.8. The summed E-state index contributed by atoms with van der Waals surface area (Å²) < 4.78 is 0. The summed E-state index contributed by atoms with van der Waals surface area (Å²) in [6, 6.07) is 21.3. The number of pyridine rings is 2. The van der Waals surface area contributed by atoms with Gasteiger partial charge in [0.05, 0.1) is 16.7 Å². The summed E-state index contributed by atoms with van der Waals surface area (Å²) in [5.41, 5.74) is 3.81. The molecule has 0 aliphatic rings. The second-order valence-electron chi connectivity index (χ2n) is 6.23. The molecule has 2 N–H and O–H groups in total. The van der Waals surface area contributed by atoms with Crippen LogP contribution in [0.15, 0.2) is 79.1 Å². The number of phenolic OH excluding ortho intramolecular Hbond substituents is 1. The van der Waals surface area contributed by atoms with E-state index < -0.39 is 0 Å². The largest absolute Gasteiger partial charge is 0.508 e. The standard InChI is InChI=1S/C22H15N3O/c26-16-8-6-15(7-9-16)24-22-18-3-1-2-4-20(18)25-21-17-11-12-23-13-14(17)5-10-19(21)22/h1-13,26H,(H,24,25). The maximum atomic E-state index is 9.54. The maximum Gasteiger partial charge on any atom is 0.115 e. The summed E-state index contributed by atoms with van der Waals surface area (Å²) in [7, 11) is 0. The fraction of sp³-hybridized carbons (Fsp3) is 0. The highest BCUT2D eigenvalue weighted by atomic mass is 16.3. The van der Waals surface area contributed by atoms with Gasteiger partial charge < -0.3 is 10.4 Å². The van der Waals surface area contributed by atoms with E-state index in [4.69, 9.17) is 4.98 Å². The van der Waals surface area contributed by atoms with Gasteiger partial charge in [-0.15, -0.1) is 0 Å². The summed E-state index contributed by atoms with van der Waals surface area (Å²) in [5, 5.41) is 17.3. The molecule has 124 valence electrons. The van der Waals surface area contributed by atoms with Gasteiger partial charge in [0.2, 0.25) is 0 Å². The Morgan fingerprint density at radius 2 is 1.62 bits per heavy atom. The molecule has 3 aromatic carbocycles. The number of benzene rings is 3. The Kier molecular flexibility index (Phi) is 3.22. The molecular formula is C22H15N3O. The van der Waals surface area contributed by atoms with Gasteiger partial charge in [0.25, 0.3) is 0 Å². The topological polar surface area (TPSA) is 58.0 Å². The van der Waals surface area contributed by atoms with E-state index in [1.54, 1.807) is 18.3 Å². The van der Waals surface area contributed by atoms with Gasteiger partial charge in [0.15, 0.2) is 0 Å². The van der Waals surface area contributed by atoms with E-state index in [2.05, 4.69) is 28.5 Å².